The molecule has 0 fully saturated rings. The number of carbonyl (C=O) groups is 1. The molecule has 1 aromatic rings. The molecule has 1 aromatic heterocycles. The Kier molecular flexibility index (Phi) is 2.20. The topological polar surface area (TPSA) is 57.5 Å². The molecule has 0 atom stereocenters. The first kappa shape index (κ1) is 8.55. The molecule has 0 aliphatic rings. The van der Waals surface area contributed by atoms with Gasteiger partial charge in [-0.3, -0.25) is 0 Å². The lowest BCUT2D eigenvalue weighted by atomic mass is 10.2. The second-order valence-electron chi connectivity index (χ2n) is 1.96. The molecular weight excluding hydrogens is 232 g/mol. The second-order valence-corrected chi connectivity index (χ2v) is 4.50. The van der Waals surface area contributed by atoms with Crippen molar-refractivity contribution in [2.45, 2.75) is 6.92 Å². The molecule has 0 saturated heterocycles. The number of carboxylic acids is 1. The number of aromatic carboxylic acids is 1. The summed E-state index contributed by atoms with van der Waals surface area (Å²) in [7, 11) is 0. The predicted molar refractivity (Wildman–Crippen MR) is 45.4 cm³/mol. The summed E-state index contributed by atoms with van der Waals surface area (Å²) in [6.45, 7) is 1.65. The zero-order valence-electron chi connectivity index (χ0n) is 5.59. The van der Waals surface area contributed by atoms with E-state index in [-0.39, 0.29) is 11.3 Å². The molecule has 11 heavy (non-hydrogen) atoms. The SMILES string of the molecule is Cc1sc(Br)c(O)c1C(=O)O. The van der Waals surface area contributed by atoms with Crippen molar-refractivity contribution in [3.8, 4) is 5.75 Å². The molecule has 1 heterocycles. The van der Waals surface area contributed by atoms with Crippen LogP contribution in [0.4, 0.5) is 0 Å². The first-order valence-electron chi connectivity index (χ1n) is 2.75. The Labute approximate surface area is 75.4 Å². The number of carboxylic acid groups (broad SMARTS) is 1. The fraction of sp³-hybridized carbons (Fsp3) is 0.167. The molecule has 3 nitrogen and oxygen atoms in total. The summed E-state index contributed by atoms with van der Waals surface area (Å²) in [5.41, 5.74) is -0.0122. The molecule has 0 bridgehead atoms. The van der Waals surface area contributed by atoms with Crippen LogP contribution < -0.4 is 0 Å². The highest BCUT2D eigenvalue weighted by atomic mass is 79.9. The van der Waals surface area contributed by atoms with Gasteiger partial charge >= 0.3 is 5.97 Å². The minimum absolute atomic E-state index is 0.0122. The Bertz CT molecular complexity index is 305. The Morgan fingerprint density at radius 2 is 2.18 bits per heavy atom. The summed E-state index contributed by atoms with van der Waals surface area (Å²) in [6.07, 6.45) is 0. The Hall–Kier alpha value is -0.550. The van der Waals surface area contributed by atoms with Gasteiger partial charge in [-0.2, -0.15) is 0 Å². The maximum absolute atomic E-state index is 10.5. The molecule has 0 unspecified atom stereocenters. The monoisotopic (exact) mass is 236 g/mol. The summed E-state index contributed by atoms with van der Waals surface area (Å²) in [4.78, 5) is 11.1. The fourth-order valence-electron chi connectivity index (χ4n) is 0.751. The first-order valence-corrected chi connectivity index (χ1v) is 4.36. The van der Waals surface area contributed by atoms with Gasteiger partial charge in [0.25, 0.3) is 0 Å². The van der Waals surface area contributed by atoms with E-state index in [1.165, 1.54) is 11.3 Å². The van der Waals surface area contributed by atoms with E-state index in [0.717, 1.165) is 0 Å². The number of thiophene rings is 1. The van der Waals surface area contributed by atoms with E-state index < -0.39 is 5.97 Å². The van der Waals surface area contributed by atoms with Crippen LogP contribution in [0.25, 0.3) is 0 Å². The quantitative estimate of drug-likeness (QED) is 0.787. The molecule has 0 radical (unpaired) electrons. The van der Waals surface area contributed by atoms with E-state index in [0.29, 0.717) is 8.66 Å². The summed E-state index contributed by atoms with van der Waals surface area (Å²) in [5.74, 6) is -1.28. The van der Waals surface area contributed by atoms with Gasteiger partial charge in [-0.1, -0.05) is 0 Å². The van der Waals surface area contributed by atoms with Gasteiger partial charge in [0.05, 0.1) is 0 Å². The summed E-state index contributed by atoms with van der Waals surface area (Å²) >= 11 is 4.25. The van der Waals surface area contributed by atoms with Crippen LogP contribution >= 0.6 is 27.3 Å². The van der Waals surface area contributed by atoms with Gasteiger partial charge in [0.1, 0.15) is 9.35 Å². The van der Waals surface area contributed by atoms with Crippen LogP contribution in [0.2, 0.25) is 0 Å². The van der Waals surface area contributed by atoms with E-state index in [1.54, 1.807) is 6.92 Å². The minimum Gasteiger partial charge on any atom is -0.505 e. The van der Waals surface area contributed by atoms with Gasteiger partial charge in [0, 0.05) is 4.88 Å². The number of hydrogen-bond acceptors (Lipinski definition) is 3. The number of aromatic hydroxyl groups is 1. The van der Waals surface area contributed by atoms with Gasteiger partial charge in [-0.05, 0) is 22.9 Å². The predicted octanol–water partition coefficient (Wildman–Crippen LogP) is 2.22. The third-order valence-corrected chi connectivity index (χ3v) is 2.98. The van der Waals surface area contributed by atoms with Gasteiger partial charge < -0.3 is 10.2 Å². The summed E-state index contributed by atoms with van der Waals surface area (Å²) in [6, 6.07) is 0. The van der Waals surface area contributed by atoms with Crippen molar-refractivity contribution in [1.29, 1.82) is 0 Å². The molecule has 2 N–H and O–H groups in total. The third kappa shape index (κ3) is 1.39. The highest BCUT2D eigenvalue weighted by molar-refractivity contribution is 9.11. The van der Waals surface area contributed by atoms with E-state index in [2.05, 4.69) is 15.9 Å². The van der Waals surface area contributed by atoms with Crippen LogP contribution in [0.15, 0.2) is 3.79 Å². The van der Waals surface area contributed by atoms with Gasteiger partial charge in [0.15, 0.2) is 5.75 Å². The first-order chi connectivity index (χ1) is 5.04. The lowest BCUT2D eigenvalue weighted by molar-refractivity contribution is 0.0693. The molecule has 0 amide bonds. The normalized spacial score (nSPS) is 10.0. The molecule has 0 saturated carbocycles. The number of hydrogen-bond donors (Lipinski definition) is 2. The van der Waals surface area contributed by atoms with Crippen LogP contribution in [-0.2, 0) is 0 Å². The van der Waals surface area contributed by atoms with Crippen molar-refractivity contribution in [3.05, 3.63) is 14.2 Å². The van der Waals surface area contributed by atoms with Crippen molar-refractivity contribution >= 4 is 33.2 Å². The highest BCUT2D eigenvalue weighted by Gasteiger charge is 2.18. The van der Waals surface area contributed by atoms with E-state index in [1.807, 2.05) is 0 Å². The third-order valence-electron chi connectivity index (χ3n) is 1.23. The largest absolute Gasteiger partial charge is 0.505 e. The summed E-state index contributed by atoms with van der Waals surface area (Å²) in [5, 5.41) is 17.8. The van der Waals surface area contributed by atoms with Crippen molar-refractivity contribution < 1.29 is 15.0 Å². The van der Waals surface area contributed by atoms with Crippen LogP contribution in [0.5, 0.6) is 5.75 Å². The van der Waals surface area contributed by atoms with Crippen molar-refractivity contribution in [1.82, 2.24) is 0 Å². The molecule has 0 aliphatic carbocycles. The number of aryl methyl sites for hydroxylation is 1. The maximum atomic E-state index is 10.5. The molecule has 0 spiro atoms. The molecular formula is C6H5BrO3S. The average molecular weight is 237 g/mol. The van der Waals surface area contributed by atoms with Gasteiger partial charge in [-0.15, -0.1) is 11.3 Å². The van der Waals surface area contributed by atoms with Crippen molar-refractivity contribution in [3.63, 3.8) is 0 Å². The fourth-order valence-corrected chi connectivity index (χ4v) is 2.43. The molecule has 1 rings (SSSR count). The van der Waals surface area contributed by atoms with E-state index >= 15 is 0 Å². The van der Waals surface area contributed by atoms with E-state index in [9.17, 15) is 9.90 Å². The van der Waals surface area contributed by atoms with Crippen molar-refractivity contribution in [2.75, 3.05) is 0 Å². The van der Waals surface area contributed by atoms with Crippen LogP contribution in [-0.4, -0.2) is 16.2 Å². The van der Waals surface area contributed by atoms with Crippen molar-refractivity contribution in [2.24, 2.45) is 0 Å². The number of halogens is 1. The lowest BCUT2D eigenvalue weighted by Gasteiger charge is -1.91. The second kappa shape index (κ2) is 2.83. The smallest absolute Gasteiger partial charge is 0.340 e. The Morgan fingerprint density at radius 1 is 1.64 bits per heavy atom. The zero-order valence-corrected chi connectivity index (χ0v) is 7.99. The zero-order chi connectivity index (χ0) is 8.59. The van der Waals surface area contributed by atoms with Crippen LogP contribution in [0.3, 0.4) is 0 Å². The molecule has 60 valence electrons. The summed E-state index contributed by atoms with van der Waals surface area (Å²) < 4.78 is 0.465. The molecule has 0 aliphatic heterocycles. The minimum atomic E-state index is -1.10. The van der Waals surface area contributed by atoms with Gasteiger partial charge in [0.2, 0.25) is 0 Å². The maximum Gasteiger partial charge on any atom is 0.340 e. The van der Waals surface area contributed by atoms with Crippen LogP contribution in [0.1, 0.15) is 15.2 Å². The van der Waals surface area contributed by atoms with Crippen LogP contribution in [0, 0.1) is 6.92 Å². The standard InChI is InChI=1S/C6H5BrO3S/c1-2-3(6(9)10)4(8)5(7)11-2/h8H,1H3,(H,9,10). The Morgan fingerprint density at radius 3 is 2.36 bits per heavy atom. The van der Waals surface area contributed by atoms with Gasteiger partial charge in [-0.25, -0.2) is 4.79 Å². The Balaban J connectivity index is 3.34. The molecule has 5 heteroatoms. The average Bonchev–Trinajstić information content (AvgIpc) is 2.07. The highest BCUT2D eigenvalue weighted by Crippen LogP contribution is 2.37. The molecule has 0 aromatic carbocycles. The lowest BCUT2D eigenvalue weighted by Crippen LogP contribution is -1.95. The number of rotatable bonds is 1. The van der Waals surface area contributed by atoms with E-state index in [4.69, 9.17) is 5.11 Å².